The van der Waals surface area contributed by atoms with Crippen LogP contribution >= 0.6 is 11.3 Å². The number of nitrogens with one attached hydrogen (secondary N) is 1. The molecule has 2 aromatic heterocycles. The molecule has 19 heavy (non-hydrogen) atoms. The molecule has 0 fully saturated rings. The van der Waals surface area contributed by atoms with Crippen LogP contribution in [0.15, 0.2) is 23.7 Å². The van der Waals surface area contributed by atoms with Crippen LogP contribution in [0, 0.1) is 11.3 Å². The average molecular weight is 274 g/mol. The summed E-state index contributed by atoms with van der Waals surface area (Å²) in [4.78, 5) is 13.1. The molecular weight excluding hydrogens is 260 g/mol. The molecule has 0 spiro atoms. The van der Waals surface area contributed by atoms with Gasteiger partial charge in [0.1, 0.15) is 17.5 Å². The van der Waals surface area contributed by atoms with Crippen molar-refractivity contribution >= 4 is 23.1 Å². The van der Waals surface area contributed by atoms with Crippen LogP contribution in [0.1, 0.15) is 23.3 Å². The summed E-state index contributed by atoms with van der Waals surface area (Å²) in [7, 11) is 1.70. The Morgan fingerprint density at radius 3 is 3.16 bits per heavy atom. The van der Waals surface area contributed by atoms with Gasteiger partial charge < -0.3 is 5.32 Å². The van der Waals surface area contributed by atoms with Crippen molar-refractivity contribution in [2.75, 3.05) is 5.32 Å². The first kappa shape index (κ1) is 13.3. The second kappa shape index (κ2) is 6.16. The fraction of sp³-hybridized carbons (Fsp3) is 0.308. The van der Waals surface area contributed by atoms with Crippen molar-refractivity contribution in [1.82, 2.24) is 9.78 Å². The Hall–Kier alpha value is -2.13. The Balaban J connectivity index is 1.84. The first-order valence-corrected chi connectivity index (χ1v) is 6.83. The molecule has 0 aliphatic carbocycles. The third-order valence-electron chi connectivity index (χ3n) is 2.72. The Labute approximate surface area is 115 Å². The molecule has 1 N–H and O–H groups in total. The minimum atomic E-state index is -0.0864. The lowest BCUT2D eigenvalue weighted by atomic mass is 10.2. The van der Waals surface area contributed by atoms with Crippen LogP contribution in [0.5, 0.6) is 0 Å². The molecule has 0 aromatic carbocycles. The maximum Gasteiger partial charge on any atom is 0.225 e. The zero-order valence-corrected chi connectivity index (χ0v) is 11.4. The molecule has 0 radical (unpaired) electrons. The van der Waals surface area contributed by atoms with Crippen molar-refractivity contribution in [3.8, 4) is 6.07 Å². The third kappa shape index (κ3) is 3.42. The smallest absolute Gasteiger partial charge is 0.225 e. The van der Waals surface area contributed by atoms with Crippen molar-refractivity contribution < 1.29 is 4.79 Å². The van der Waals surface area contributed by atoms with Crippen molar-refractivity contribution in [3.05, 3.63) is 34.2 Å². The van der Waals surface area contributed by atoms with Gasteiger partial charge in [-0.1, -0.05) is 6.07 Å². The van der Waals surface area contributed by atoms with Gasteiger partial charge in [0.15, 0.2) is 0 Å². The van der Waals surface area contributed by atoms with E-state index in [-0.39, 0.29) is 5.91 Å². The maximum atomic E-state index is 11.8. The molecule has 0 bridgehead atoms. The zero-order valence-electron chi connectivity index (χ0n) is 10.6. The number of aromatic nitrogens is 2. The normalized spacial score (nSPS) is 10.1. The number of carbonyl (C=O) groups is 1. The maximum absolute atomic E-state index is 11.8. The summed E-state index contributed by atoms with van der Waals surface area (Å²) in [6.45, 7) is 0. The molecular formula is C13H14N4OS. The van der Waals surface area contributed by atoms with Gasteiger partial charge >= 0.3 is 0 Å². The number of amides is 1. The quantitative estimate of drug-likeness (QED) is 0.909. The first-order chi connectivity index (χ1) is 9.20. The van der Waals surface area contributed by atoms with Crippen molar-refractivity contribution in [2.24, 2.45) is 7.05 Å². The second-order valence-corrected chi connectivity index (χ2v) is 5.16. The number of hydrogen-bond donors (Lipinski definition) is 1. The highest BCUT2D eigenvalue weighted by atomic mass is 32.1. The molecule has 1 amide bonds. The van der Waals surface area contributed by atoms with Crippen LogP contribution in [-0.4, -0.2) is 15.7 Å². The highest BCUT2D eigenvalue weighted by molar-refractivity contribution is 7.09. The summed E-state index contributed by atoms with van der Waals surface area (Å²) in [6.07, 6.45) is 3.59. The molecule has 0 aliphatic rings. The summed E-state index contributed by atoms with van der Waals surface area (Å²) in [5, 5.41) is 17.6. The fourth-order valence-electron chi connectivity index (χ4n) is 1.74. The van der Waals surface area contributed by atoms with Crippen LogP contribution in [0.25, 0.3) is 0 Å². The van der Waals surface area contributed by atoms with E-state index in [0.29, 0.717) is 17.8 Å². The minimum absolute atomic E-state index is 0.0864. The second-order valence-electron chi connectivity index (χ2n) is 4.12. The van der Waals surface area contributed by atoms with Gasteiger partial charge in [-0.2, -0.15) is 10.4 Å². The Bertz CT molecular complexity index is 595. The summed E-state index contributed by atoms with van der Waals surface area (Å²) in [5.41, 5.74) is 0.383. The number of nitrogens with zero attached hydrogens (tertiary/aromatic N) is 3. The molecule has 0 aliphatic heterocycles. The van der Waals surface area contributed by atoms with Gasteiger partial charge in [-0.05, 0) is 24.3 Å². The monoisotopic (exact) mass is 274 g/mol. The number of nitriles is 1. The standard InChI is InChI=1S/C13H14N4OS/c1-17-13(10(8-14)9-15-17)16-12(18)6-2-4-11-5-3-7-19-11/h3,5,7,9H,2,4,6H2,1H3,(H,16,18). The number of rotatable bonds is 5. The molecule has 0 saturated carbocycles. The van der Waals surface area contributed by atoms with E-state index in [0.717, 1.165) is 12.8 Å². The molecule has 0 saturated heterocycles. The van der Waals surface area contributed by atoms with Crippen LogP contribution < -0.4 is 5.32 Å². The van der Waals surface area contributed by atoms with Gasteiger partial charge in [0, 0.05) is 18.3 Å². The zero-order chi connectivity index (χ0) is 13.7. The topological polar surface area (TPSA) is 70.7 Å². The average Bonchev–Trinajstić information content (AvgIpc) is 3.01. The van der Waals surface area contributed by atoms with Gasteiger partial charge in [-0.3, -0.25) is 9.48 Å². The lowest BCUT2D eigenvalue weighted by molar-refractivity contribution is -0.116. The van der Waals surface area contributed by atoms with E-state index in [1.807, 2.05) is 17.5 Å². The number of thiophene rings is 1. The van der Waals surface area contributed by atoms with Gasteiger partial charge in [-0.15, -0.1) is 11.3 Å². The van der Waals surface area contributed by atoms with Gasteiger partial charge in [0.25, 0.3) is 0 Å². The van der Waals surface area contributed by atoms with Crippen molar-refractivity contribution in [2.45, 2.75) is 19.3 Å². The minimum Gasteiger partial charge on any atom is -0.310 e. The molecule has 2 heterocycles. The van der Waals surface area contributed by atoms with E-state index >= 15 is 0 Å². The lowest BCUT2D eigenvalue weighted by Gasteiger charge is -2.05. The molecule has 2 aromatic rings. The number of aryl methyl sites for hydroxylation is 2. The van der Waals surface area contributed by atoms with Crippen LogP contribution in [-0.2, 0) is 18.3 Å². The van der Waals surface area contributed by atoms with Crippen LogP contribution in [0.3, 0.4) is 0 Å². The number of carbonyl (C=O) groups excluding carboxylic acids is 1. The van der Waals surface area contributed by atoms with Crippen LogP contribution in [0.2, 0.25) is 0 Å². The highest BCUT2D eigenvalue weighted by Crippen LogP contribution is 2.15. The highest BCUT2D eigenvalue weighted by Gasteiger charge is 2.11. The van der Waals surface area contributed by atoms with E-state index in [9.17, 15) is 4.79 Å². The molecule has 2 rings (SSSR count). The lowest BCUT2D eigenvalue weighted by Crippen LogP contribution is -2.15. The molecule has 98 valence electrons. The van der Waals surface area contributed by atoms with Gasteiger partial charge in [0.2, 0.25) is 5.91 Å². The summed E-state index contributed by atoms with van der Waals surface area (Å²) < 4.78 is 1.50. The third-order valence-corrected chi connectivity index (χ3v) is 3.66. The van der Waals surface area contributed by atoms with Crippen LogP contribution in [0.4, 0.5) is 5.82 Å². The predicted molar refractivity (Wildman–Crippen MR) is 73.8 cm³/mol. The van der Waals surface area contributed by atoms with Gasteiger partial charge in [0.05, 0.1) is 6.20 Å². The molecule has 6 heteroatoms. The van der Waals surface area contributed by atoms with E-state index < -0.39 is 0 Å². The van der Waals surface area contributed by atoms with E-state index in [1.54, 1.807) is 18.4 Å². The summed E-state index contributed by atoms with van der Waals surface area (Å²) in [5.74, 6) is 0.375. The number of anilines is 1. The summed E-state index contributed by atoms with van der Waals surface area (Å²) >= 11 is 1.70. The van der Waals surface area contributed by atoms with E-state index in [4.69, 9.17) is 5.26 Å². The van der Waals surface area contributed by atoms with Gasteiger partial charge in [-0.25, -0.2) is 0 Å². The first-order valence-electron chi connectivity index (χ1n) is 5.95. The van der Waals surface area contributed by atoms with Crippen molar-refractivity contribution in [1.29, 1.82) is 5.26 Å². The number of hydrogen-bond acceptors (Lipinski definition) is 4. The molecule has 5 nitrogen and oxygen atoms in total. The largest absolute Gasteiger partial charge is 0.310 e. The fourth-order valence-corrected chi connectivity index (χ4v) is 2.49. The Morgan fingerprint density at radius 2 is 2.47 bits per heavy atom. The van der Waals surface area contributed by atoms with E-state index in [1.165, 1.54) is 15.8 Å². The summed E-state index contributed by atoms with van der Waals surface area (Å²) in [6, 6.07) is 6.08. The van der Waals surface area contributed by atoms with E-state index in [2.05, 4.69) is 16.5 Å². The Morgan fingerprint density at radius 1 is 1.63 bits per heavy atom. The SMILES string of the molecule is Cn1ncc(C#N)c1NC(=O)CCCc1cccs1. The molecule has 0 atom stereocenters. The Kier molecular flexibility index (Phi) is 4.31. The predicted octanol–water partition coefficient (Wildman–Crippen LogP) is 2.31. The van der Waals surface area contributed by atoms with Crippen molar-refractivity contribution in [3.63, 3.8) is 0 Å². The molecule has 0 unspecified atom stereocenters.